The molecule has 0 saturated carbocycles. The molecule has 1 aromatic rings. The van der Waals surface area contributed by atoms with Crippen molar-refractivity contribution >= 4 is 0 Å². The van der Waals surface area contributed by atoms with Gasteiger partial charge >= 0.3 is 0 Å². The summed E-state index contributed by atoms with van der Waals surface area (Å²) in [5.74, 6) is 1.62. The zero-order valence-corrected chi connectivity index (χ0v) is 13.2. The van der Waals surface area contributed by atoms with Crippen molar-refractivity contribution in [3.05, 3.63) is 24.3 Å². The number of hydrogen-bond acceptors (Lipinski definition) is 3. The monoisotopic (exact) mass is 296 g/mol. The first kappa shape index (κ1) is 16.1. The summed E-state index contributed by atoms with van der Waals surface area (Å²) in [5.41, 5.74) is 0. The highest BCUT2D eigenvalue weighted by Gasteiger charge is 2.28. The van der Waals surface area contributed by atoms with E-state index >= 15 is 0 Å². The summed E-state index contributed by atoms with van der Waals surface area (Å²) >= 11 is 0. The highest BCUT2D eigenvalue weighted by molar-refractivity contribution is 5.40. The SMILES string of the molecule is CC(C)[NH2+]C[C@H](O)C[NH2+][C@@H](C)[C@@H]1COc2ccccc2O1. The van der Waals surface area contributed by atoms with E-state index in [0.717, 1.165) is 18.0 Å². The number of ether oxygens (including phenoxy) is 2. The van der Waals surface area contributed by atoms with Crippen molar-refractivity contribution in [1.82, 2.24) is 0 Å². The van der Waals surface area contributed by atoms with Crippen molar-refractivity contribution in [2.24, 2.45) is 0 Å². The Hall–Kier alpha value is -1.30. The van der Waals surface area contributed by atoms with Gasteiger partial charge in [0.1, 0.15) is 25.7 Å². The Bertz CT molecular complexity index is 439. The van der Waals surface area contributed by atoms with Gasteiger partial charge in [-0.05, 0) is 32.9 Å². The molecule has 118 valence electrons. The van der Waals surface area contributed by atoms with Gasteiger partial charge in [-0.1, -0.05) is 12.1 Å². The second-order valence-electron chi connectivity index (χ2n) is 6.11. The van der Waals surface area contributed by atoms with E-state index in [0.29, 0.717) is 19.2 Å². The van der Waals surface area contributed by atoms with Crippen LogP contribution in [0.25, 0.3) is 0 Å². The molecule has 0 amide bonds. The van der Waals surface area contributed by atoms with Crippen LogP contribution in [0.15, 0.2) is 24.3 Å². The Balaban J connectivity index is 1.76. The molecule has 3 atom stereocenters. The highest BCUT2D eigenvalue weighted by atomic mass is 16.6. The first-order valence-corrected chi connectivity index (χ1v) is 7.79. The molecule has 0 radical (unpaired) electrons. The molecule has 0 aliphatic carbocycles. The van der Waals surface area contributed by atoms with Gasteiger partial charge in [0.2, 0.25) is 0 Å². The predicted octanol–water partition coefficient (Wildman–Crippen LogP) is -0.889. The summed E-state index contributed by atoms with van der Waals surface area (Å²) in [5, 5.41) is 14.3. The zero-order valence-electron chi connectivity index (χ0n) is 13.2. The molecule has 0 saturated heterocycles. The van der Waals surface area contributed by atoms with Gasteiger partial charge in [-0.3, -0.25) is 0 Å². The molecule has 0 spiro atoms. The third-order valence-corrected chi connectivity index (χ3v) is 3.78. The maximum atomic E-state index is 9.97. The molecule has 0 fully saturated rings. The summed E-state index contributed by atoms with van der Waals surface area (Å²) < 4.78 is 11.7. The fraction of sp³-hybridized carbons (Fsp3) is 0.625. The van der Waals surface area contributed by atoms with E-state index in [-0.39, 0.29) is 18.2 Å². The minimum atomic E-state index is -0.299. The van der Waals surface area contributed by atoms with Crippen LogP contribution in [0.2, 0.25) is 0 Å². The van der Waals surface area contributed by atoms with Gasteiger partial charge in [0.25, 0.3) is 0 Å². The average Bonchev–Trinajstić information content (AvgIpc) is 2.50. The number of benzene rings is 1. The lowest BCUT2D eigenvalue weighted by molar-refractivity contribution is -0.721. The fourth-order valence-electron chi connectivity index (χ4n) is 2.34. The van der Waals surface area contributed by atoms with Crippen LogP contribution in [-0.4, -0.2) is 49.1 Å². The fourth-order valence-corrected chi connectivity index (χ4v) is 2.34. The van der Waals surface area contributed by atoms with Gasteiger partial charge in [-0.15, -0.1) is 0 Å². The van der Waals surface area contributed by atoms with Gasteiger partial charge in [0.15, 0.2) is 23.7 Å². The van der Waals surface area contributed by atoms with E-state index < -0.39 is 0 Å². The van der Waals surface area contributed by atoms with Crippen molar-refractivity contribution in [3.8, 4) is 11.5 Å². The number of aliphatic hydroxyl groups excluding tert-OH is 1. The van der Waals surface area contributed by atoms with Gasteiger partial charge in [0, 0.05) is 0 Å². The molecule has 0 bridgehead atoms. The largest absolute Gasteiger partial charge is 0.486 e. The molecule has 5 nitrogen and oxygen atoms in total. The van der Waals surface area contributed by atoms with Gasteiger partial charge in [-0.2, -0.15) is 0 Å². The van der Waals surface area contributed by atoms with Crippen LogP contribution in [0.1, 0.15) is 20.8 Å². The summed E-state index contributed by atoms with van der Waals surface area (Å²) in [7, 11) is 0. The molecule has 1 aliphatic rings. The van der Waals surface area contributed by atoms with Crippen LogP contribution in [0.5, 0.6) is 11.5 Å². The molecule has 0 aromatic heterocycles. The maximum Gasteiger partial charge on any atom is 0.184 e. The van der Waals surface area contributed by atoms with Crippen LogP contribution >= 0.6 is 0 Å². The van der Waals surface area contributed by atoms with Crippen LogP contribution in [0.4, 0.5) is 0 Å². The number of nitrogens with two attached hydrogens (primary N) is 2. The van der Waals surface area contributed by atoms with Crippen LogP contribution in [-0.2, 0) is 0 Å². The number of hydrogen-bond donors (Lipinski definition) is 3. The number of fused-ring (bicyclic) bond motifs is 1. The first-order valence-electron chi connectivity index (χ1n) is 7.79. The second-order valence-corrected chi connectivity index (χ2v) is 6.11. The Morgan fingerprint density at radius 3 is 2.52 bits per heavy atom. The number of quaternary nitrogens is 2. The summed E-state index contributed by atoms with van der Waals surface area (Å²) in [6.07, 6.45) is -0.284. The van der Waals surface area contributed by atoms with Crippen molar-refractivity contribution in [2.75, 3.05) is 19.7 Å². The number of rotatable bonds is 7. The van der Waals surface area contributed by atoms with E-state index in [9.17, 15) is 5.11 Å². The molecule has 21 heavy (non-hydrogen) atoms. The third-order valence-electron chi connectivity index (χ3n) is 3.78. The molecular formula is C16H28N2O3+2. The molecule has 1 aromatic carbocycles. The van der Waals surface area contributed by atoms with E-state index in [2.05, 4.69) is 31.4 Å². The van der Waals surface area contributed by atoms with E-state index in [1.165, 1.54) is 0 Å². The molecule has 0 unspecified atom stereocenters. The van der Waals surface area contributed by atoms with Gasteiger partial charge < -0.3 is 25.2 Å². The minimum absolute atomic E-state index is 0.0150. The Morgan fingerprint density at radius 1 is 1.14 bits per heavy atom. The summed E-state index contributed by atoms with van der Waals surface area (Å²) in [6.45, 7) is 8.36. The normalized spacial score (nSPS) is 20.3. The average molecular weight is 296 g/mol. The van der Waals surface area contributed by atoms with Crippen LogP contribution in [0.3, 0.4) is 0 Å². The molecule has 1 heterocycles. The summed E-state index contributed by atoms with van der Waals surface area (Å²) in [4.78, 5) is 0. The smallest absolute Gasteiger partial charge is 0.184 e. The van der Waals surface area contributed by atoms with E-state index in [1.807, 2.05) is 24.3 Å². The lowest BCUT2D eigenvalue weighted by Gasteiger charge is -2.29. The number of para-hydroxylation sites is 2. The molecular weight excluding hydrogens is 268 g/mol. The minimum Gasteiger partial charge on any atom is -0.486 e. The Kier molecular flexibility index (Phi) is 5.85. The van der Waals surface area contributed by atoms with E-state index in [4.69, 9.17) is 9.47 Å². The van der Waals surface area contributed by atoms with Gasteiger partial charge in [-0.25, -0.2) is 0 Å². The van der Waals surface area contributed by atoms with Crippen molar-refractivity contribution < 1.29 is 25.2 Å². The maximum absolute atomic E-state index is 9.97. The Labute approximate surface area is 126 Å². The standard InChI is InChI=1S/C16H26N2O3/c1-11(2)17-8-13(19)9-18-12(3)16-10-20-14-6-4-5-7-15(14)21-16/h4-7,11-13,16-19H,8-10H2,1-3H3/p+2/t12-,13-,16-/m0/s1. The summed E-state index contributed by atoms with van der Waals surface area (Å²) in [6, 6.07) is 8.51. The lowest BCUT2D eigenvalue weighted by atomic mass is 10.1. The van der Waals surface area contributed by atoms with Crippen LogP contribution < -0.4 is 20.1 Å². The third kappa shape index (κ3) is 4.88. The molecule has 1 aliphatic heterocycles. The van der Waals surface area contributed by atoms with Crippen molar-refractivity contribution in [1.29, 1.82) is 0 Å². The lowest BCUT2D eigenvalue weighted by Crippen LogP contribution is -2.97. The van der Waals surface area contributed by atoms with Crippen LogP contribution in [0, 0.1) is 0 Å². The quantitative estimate of drug-likeness (QED) is 0.611. The Morgan fingerprint density at radius 2 is 1.81 bits per heavy atom. The molecule has 2 rings (SSSR count). The van der Waals surface area contributed by atoms with Crippen molar-refractivity contribution in [2.45, 2.75) is 45.1 Å². The highest BCUT2D eigenvalue weighted by Crippen LogP contribution is 2.31. The van der Waals surface area contributed by atoms with Gasteiger partial charge in [0.05, 0.1) is 6.04 Å². The molecule has 5 heteroatoms. The first-order chi connectivity index (χ1) is 10.1. The second kappa shape index (κ2) is 7.64. The predicted molar refractivity (Wildman–Crippen MR) is 80.5 cm³/mol. The molecule has 5 N–H and O–H groups in total. The topological polar surface area (TPSA) is 71.9 Å². The number of aliphatic hydroxyl groups is 1. The van der Waals surface area contributed by atoms with Crippen molar-refractivity contribution in [3.63, 3.8) is 0 Å². The zero-order chi connectivity index (χ0) is 15.2. The van der Waals surface area contributed by atoms with E-state index in [1.54, 1.807) is 0 Å².